The summed E-state index contributed by atoms with van der Waals surface area (Å²) in [5.41, 5.74) is 2.04. The number of thiol groups is 2. The summed E-state index contributed by atoms with van der Waals surface area (Å²) < 4.78 is 80.4. The highest BCUT2D eigenvalue weighted by atomic mass is 32.2. The van der Waals surface area contributed by atoms with Crippen molar-refractivity contribution in [1.82, 2.24) is 19.5 Å². The fourth-order valence-electron chi connectivity index (χ4n) is 4.36. The quantitative estimate of drug-likeness (QED) is 0.0954. The number of likely N-dealkylation sites (tertiary alicyclic amines) is 1. The van der Waals surface area contributed by atoms with Crippen LogP contribution in [0, 0.1) is 18.6 Å². The van der Waals surface area contributed by atoms with Crippen molar-refractivity contribution in [2.75, 3.05) is 25.5 Å². The van der Waals surface area contributed by atoms with Crippen molar-refractivity contribution in [3.63, 3.8) is 0 Å². The zero-order valence-corrected chi connectivity index (χ0v) is 25.0. The van der Waals surface area contributed by atoms with Gasteiger partial charge in [0.15, 0.2) is 5.82 Å². The first-order chi connectivity index (χ1) is 18.9. The normalized spacial score (nSPS) is 17.1. The molecule has 6 nitrogen and oxygen atoms in total. The Hall–Kier alpha value is -2.39. The molecule has 2 radical (unpaired) electrons. The molecule has 1 N–H and O–H groups in total. The number of aliphatic imine (C=N–C) groups is 1. The van der Waals surface area contributed by atoms with Gasteiger partial charge in [0.2, 0.25) is 12.4 Å². The molecule has 0 spiro atoms. The lowest BCUT2D eigenvalue weighted by Gasteiger charge is -2.21. The van der Waals surface area contributed by atoms with Crippen LogP contribution in [0.15, 0.2) is 23.3 Å². The summed E-state index contributed by atoms with van der Waals surface area (Å²) in [6, 6.07) is 1.56. The standard InChI is InChI=1S/C23H25BF4N6S2.C3H6F2/c1-11(2)29-19-12(3)5-13(6-14(19)25)18-15(26)8-34-20(18)16(7-23(24,35)36)30-21(32-34)31-17-9-33(4)10-22(17,27)28;1-2-3(4)5/h5-6,8,17,35-36H,7,9-10H2,1-4H3,(H,31,32);3H,2H2,1H3. The largest absolute Gasteiger partial charge is 0.343 e. The smallest absolute Gasteiger partial charge is 0.281 e. The molecule has 1 aliphatic heterocycles. The zero-order chi connectivity index (χ0) is 30.9. The van der Waals surface area contributed by atoms with E-state index >= 15 is 4.39 Å². The molecule has 1 atom stereocenters. The number of aryl methyl sites for hydroxylation is 1. The number of nitrogens with one attached hydrogen (secondary N) is 1. The summed E-state index contributed by atoms with van der Waals surface area (Å²) in [5, 5.41) is 6.89. The number of likely N-dealkylation sites (N-methyl/N-ethyl adjacent to an activating group) is 1. The van der Waals surface area contributed by atoms with Gasteiger partial charge >= 0.3 is 0 Å². The molecule has 3 heterocycles. The maximum atomic E-state index is 15.3. The Morgan fingerprint density at radius 3 is 2.37 bits per heavy atom. The number of anilines is 1. The van der Waals surface area contributed by atoms with Crippen molar-refractivity contribution in [2.24, 2.45) is 4.99 Å². The lowest BCUT2D eigenvalue weighted by atomic mass is 9.95. The lowest BCUT2D eigenvalue weighted by molar-refractivity contribution is 0.00583. The van der Waals surface area contributed by atoms with Crippen molar-refractivity contribution in [2.45, 2.75) is 62.9 Å². The zero-order valence-electron chi connectivity index (χ0n) is 23.2. The third-order valence-electron chi connectivity index (χ3n) is 6.06. The summed E-state index contributed by atoms with van der Waals surface area (Å²) >= 11 is 8.49. The molecule has 3 aromatic rings. The van der Waals surface area contributed by atoms with Crippen LogP contribution in [0.2, 0.25) is 0 Å². The molecule has 0 bridgehead atoms. The Morgan fingerprint density at radius 1 is 1.24 bits per heavy atom. The molecule has 1 saturated heterocycles. The first kappa shape index (κ1) is 33.1. The van der Waals surface area contributed by atoms with E-state index < -0.39 is 40.5 Å². The van der Waals surface area contributed by atoms with Crippen molar-refractivity contribution in [1.29, 1.82) is 0 Å². The van der Waals surface area contributed by atoms with Gasteiger partial charge in [-0.3, -0.25) is 9.89 Å². The van der Waals surface area contributed by atoms with E-state index in [1.54, 1.807) is 33.9 Å². The molecule has 15 heteroatoms. The van der Waals surface area contributed by atoms with Gasteiger partial charge < -0.3 is 5.32 Å². The summed E-state index contributed by atoms with van der Waals surface area (Å²) in [7, 11) is 7.57. The number of rotatable bonds is 7. The lowest BCUT2D eigenvalue weighted by Crippen LogP contribution is -2.39. The maximum Gasteiger partial charge on any atom is 0.281 e. The van der Waals surface area contributed by atoms with Crippen LogP contribution >= 0.6 is 25.3 Å². The number of benzene rings is 1. The van der Waals surface area contributed by atoms with E-state index in [4.69, 9.17) is 7.85 Å². The van der Waals surface area contributed by atoms with Crippen LogP contribution in [0.5, 0.6) is 0 Å². The minimum absolute atomic E-state index is 0.0278. The Kier molecular flexibility index (Phi) is 10.4. The van der Waals surface area contributed by atoms with E-state index in [2.05, 4.69) is 45.6 Å². The van der Waals surface area contributed by atoms with E-state index in [1.165, 1.54) is 22.4 Å². The topological polar surface area (TPSA) is 57.8 Å². The second-order valence-electron chi connectivity index (χ2n) is 10.2. The van der Waals surface area contributed by atoms with Crippen molar-refractivity contribution in [3.8, 4) is 11.1 Å². The summed E-state index contributed by atoms with van der Waals surface area (Å²) in [6.45, 7) is 6.27. The molecule has 1 aliphatic rings. The minimum atomic E-state index is -3.01. The molecule has 0 aliphatic carbocycles. The van der Waals surface area contributed by atoms with E-state index in [9.17, 15) is 22.0 Å². The molecule has 0 saturated carbocycles. The predicted molar refractivity (Wildman–Crippen MR) is 158 cm³/mol. The average molecular weight is 617 g/mol. The second-order valence-corrected chi connectivity index (χ2v) is 12.2. The highest BCUT2D eigenvalue weighted by Crippen LogP contribution is 2.37. The molecular formula is C26H31BF6N6S2. The van der Waals surface area contributed by atoms with Gasteiger partial charge in [0.05, 0.1) is 24.0 Å². The Bertz CT molecular complexity index is 1400. The molecule has 41 heavy (non-hydrogen) atoms. The monoisotopic (exact) mass is 616 g/mol. The fraction of sp³-hybridized carbons (Fsp3) is 0.500. The molecule has 2 aromatic heterocycles. The summed E-state index contributed by atoms with van der Waals surface area (Å²) in [4.78, 5) is 10.1. The molecule has 222 valence electrons. The van der Waals surface area contributed by atoms with Crippen molar-refractivity contribution in [3.05, 3.63) is 41.2 Å². The Labute approximate surface area is 247 Å². The van der Waals surface area contributed by atoms with Gasteiger partial charge in [-0.2, -0.15) is 25.3 Å². The molecular weight excluding hydrogens is 585 g/mol. The number of nitrogens with zero attached hydrogens (tertiary/aromatic N) is 5. The molecule has 0 amide bonds. The summed E-state index contributed by atoms with van der Waals surface area (Å²) in [5.74, 6) is -4.46. The van der Waals surface area contributed by atoms with Crippen LogP contribution in [0.25, 0.3) is 16.6 Å². The number of alkyl halides is 4. The minimum Gasteiger partial charge on any atom is -0.343 e. The number of fused-ring (bicyclic) bond motifs is 1. The SMILES string of the molecule is CCC(F)F.[B]C(S)(S)Cc1nc(NC2CN(C)CC2(F)F)nn2cc(F)c(-c3cc(C)c(N=C(C)C)c(F)c3)c12. The van der Waals surface area contributed by atoms with Crippen LogP contribution < -0.4 is 5.32 Å². The number of hydrogen-bond acceptors (Lipinski definition) is 7. The second kappa shape index (κ2) is 12.9. The van der Waals surface area contributed by atoms with Gasteiger partial charge in [-0.15, -0.1) is 5.10 Å². The van der Waals surface area contributed by atoms with Crippen LogP contribution in [-0.2, 0) is 6.42 Å². The molecule has 1 aromatic carbocycles. The fourth-order valence-corrected chi connectivity index (χ4v) is 4.66. The average Bonchev–Trinajstić information content (AvgIpc) is 3.28. The number of hydrogen-bond donors (Lipinski definition) is 3. The van der Waals surface area contributed by atoms with E-state index in [-0.39, 0.29) is 53.4 Å². The predicted octanol–water partition coefficient (Wildman–Crippen LogP) is 6.34. The third kappa shape index (κ3) is 8.34. The van der Waals surface area contributed by atoms with E-state index in [0.717, 1.165) is 6.20 Å². The van der Waals surface area contributed by atoms with Crippen LogP contribution in [0.3, 0.4) is 0 Å². The van der Waals surface area contributed by atoms with Gasteiger partial charge in [0, 0.05) is 34.6 Å². The van der Waals surface area contributed by atoms with Gasteiger partial charge in [0.25, 0.3) is 5.92 Å². The molecule has 1 fully saturated rings. The van der Waals surface area contributed by atoms with Gasteiger partial charge in [0.1, 0.15) is 25.4 Å². The van der Waals surface area contributed by atoms with Crippen LogP contribution in [0.4, 0.5) is 38.0 Å². The van der Waals surface area contributed by atoms with Gasteiger partial charge in [-0.25, -0.2) is 35.8 Å². The number of aromatic nitrogens is 3. The van der Waals surface area contributed by atoms with E-state index in [0.29, 0.717) is 11.3 Å². The van der Waals surface area contributed by atoms with Crippen LogP contribution in [-0.4, -0.2) is 75.6 Å². The van der Waals surface area contributed by atoms with Crippen molar-refractivity contribution < 1.29 is 26.3 Å². The Morgan fingerprint density at radius 2 is 1.88 bits per heavy atom. The number of halogens is 6. The van der Waals surface area contributed by atoms with Crippen LogP contribution in [0.1, 0.15) is 38.4 Å². The van der Waals surface area contributed by atoms with Gasteiger partial charge in [-0.1, -0.05) is 6.92 Å². The highest BCUT2D eigenvalue weighted by Gasteiger charge is 2.47. The highest BCUT2D eigenvalue weighted by molar-refractivity contribution is 8.02. The van der Waals surface area contributed by atoms with Crippen molar-refractivity contribution >= 4 is 56.0 Å². The maximum absolute atomic E-state index is 15.3. The van der Waals surface area contributed by atoms with E-state index in [1.807, 2.05) is 0 Å². The molecule has 4 rings (SSSR count). The van der Waals surface area contributed by atoms with Gasteiger partial charge in [-0.05, 0) is 51.1 Å². The first-order valence-electron chi connectivity index (χ1n) is 12.7. The molecule has 1 unspecified atom stereocenters. The third-order valence-corrected chi connectivity index (χ3v) is 6.38. The Balaban J connectivity index is 0.000000850. The summed E-state index contributed by atoms with van der Waals surface area (Å²) in [6.07, 6.45) is -1.13. The first-order valence-corrected chi connectivity index (χ1v) is 13.6.